The molecule has 1 amide bonds. The Balaban J connectivity index is 1.78. The molecule has 1 heterocycles. The van der Waals surface area contributed by atoms with E-state index in [2.05, 4.69) is 5.32 Å². The number of benzene rings is 2. The van der Waals surface area contributed by atoms with Crippen molar-refractivity contribution in [3.8, 4) is 11.1 Å². The lowest BCUT2D eigenvalue weighted by molar-refractivity contribution is -0.184. The molecule has 1 aliphatic carbocycles. The van der Waals surface area contributed by atoms with E-state index in [1.165, 1.54) is 6.07 Å². The van der Waals surface area contributed by atoms with Crippen molar-refractivity contribution in [2.45, 2.75) is 51.2 Å². The van der Waals surface area contributed by atoms with Gasteiger partial charge in [0.15, 0.2) is 11.6 Å². The van der Waals surface area contributed by atoms with Gasteiger partial charge in [-0.2, -0.15) is 13.2 Å². The minimum Gasteiger partial charge on any atom is -0.509 e. The van der Waals surface area contributed by atoms with E-state index in [1.807, 2.05) is 0 Å². The molecule has 8 heteroatoms. The summed E-state index contributed by atoms with van der Waals surface area (Å²) in [6.07, 6.45) is -4.71. The molecule has 2 aromatic carbocycles. The van der Waals surface area contributed by atoms with E-state index in [-0.39, 0.29) is 37.0 Å². The number of hydrogen-bond donors (Lipinski definition) is 2. The van der Waals surface area contributed by atoms with Crippen molar-refractivity contribution in [1.82, 2.24) is 5.32 Å². The molecular formula is C24H22F5NO2. The molecule has 1 spiro atoms. The Morgan fingerprint density at radius 2 is 1.69 bits per heavy atom. The van der Waals surface area contributed by atoms with Crippen LogP contribution >= 0.6 is 0 Å². The minimum absolute atomic E-state index is 0.0147. The molecule has 0 bridgehead atoms. The van der Waals surface area contributed by atoms with Crippen molar-refractivity contribution in [2.75, 3.05) is 0 Å². The van der Waals surface area contributed by atoms with Gasteiger partial charge in [0.2, 0.25) is 0 Å². The zero-order valence-electron chi connectivity index (χ0n) is 17.5. The third-order valence-corrected chi connectivity index (χ3v) is 6.73. The van der Waals surface area contributed by atoms with Gasteiger partial charge in [-0.05, 0) is 79.5 Å². The maximum atomic E-state index is 13.8. The molecule has 1 saturated carbocycles. The molecule has 0 aromatic heterocycles. The number of carbonyl (C=O) groups is 1. The predicted molar refractivity (Wildman–Crippen MR) is 110 cm³/mol. The average molecular weight is 451 g/mol. The monoisotopic (exact) mass is 451 g/mol. The highest BCUT2D eigenvalue weighted by Crippen LogP contribution is 2.48. The maximum Gasteiger partial charge on any atom is 0.391 e. The number of amides is 1. The summed E-state index contributed by atoms with van der Waals surface area (Å²) in [6.45, 7) is 3.45. The molecule has 32 heavy (non-hydrogen) atoms. The van der Waals surface area contributed by atoms with E-state index in [0.29, 0.717) is 27.8 Å². The number of hydrogen-bond acceptors (Lipinski definition) is 2. The van der Waals surface area contributed by atoms with Gasteiger partial charge in [0.25, 0.3) is 5.91 Å². The molecular weight excluding hydrogens is 429 g/mol. The second kappa shape index (κ2) is 7.60. The van der Waals surface area contributed by atoms with Gasteiger partial charge in [0.1, 0.15) is 5.76 Å². The number of carbonyl (C=O) groups excluding carboxylic acids is 1. The number of aryl methyl sites for hydroxylation is 1. The third kappa shape index (κ3) is 3.55. The van der Waals surface area contributed by atoms with Gasteiger partial charge >= 0.3 is 6.18 Å². The van der Waals surface area contributed by atoms with Crippen molar-refractivity contribution < 1.29 is 31.9 Å². The summed E-state index contributed by atoms with van der Waals surface area (Å²) in [4.78, 5) is 12.9. The summed E-state index contributed by atoms with van der Waals surface area (Å²) in [5, 5.41) is 13.8. The minimum atomic E-state index is -4.31. The lowest BCUT2D eigenvalue weighted by atomic mass is 9.75. The number of aliphatic hydroxyl groups excluding tert-OH is 1. The topological polar surface area (TPSA) is 49.3 Å². The highest BCUT2D eigenvalue weighted by molar-refractivity contribution is 6.24. The van der Waals surface area contributed by atoms with Gasteiger partial charge in [-0.15, -0.1) is 0 Å². The first-order valence-corrected chi connectivity index (χ1v) is 10.3. The second-order valence-electron chi connectivity index (χ2n) is 8.63. The highest BCUT2D eigenvalue weighted by atomic mass is 19.4. The fraction of sp³-hybridized carbons (Fsp3) is 0.375. The van der Waals surface area contributed by atoms with E-state index in [0.717, 1.165) is 12.1 Å². The van der Waals surface area contributed by atoms with Crippen LogP contribution in [0.15, 0.2) is 36.1 Å². The van der Waals surface area contributed by atoms with Crippen LogP contribution in [-0.2, 0) is 4.79 Å². The SMILES string of the molecule is Cc1ccc(-c2ccc(F)c(F)c2)c(C)c1C1=C(O)C2(CCC(C(F)(F)F)CC2)NC1=O. The van der Waals surface area contributed by atoms with Gasteiger partial charge < -0.3 is 10.4 Å². The summed E-state index contributed by atoms with van der Waals surface area (Å²) in [7, 11) is 0. The zero-order valence-corrected chi connectivity index (χ0v) is 17.5. The molecule has 1 aliphatic heterocycles. The van der Waals surface area contributed by atoms with E-state index in [4.69, 9.17) is 0 Å². The highest BCUT2D eigenvalue weighted by Gasteiger charge is 2.52. The van der Waals surface area contributed by atoms with Crippen molar-refractivity contribution in [3.63, 3.8) is 0 Å². The van der Waals surface area contributed by atoms with Crippen LogP contribution in [0.5, 0.6) is 0 Å². The van der Waals surface area contributed by atoms with Gasteiger partial charge in [-0.25, -0.2) is 8.78 Å². The van der Waals surface area contributed by atoms with Crippen LogP contribution in [0.2, 0.25) is 0 Å². The summed E-state index contributed by atoms with van der Waals surface area (Å²) in [6, 6.07) is 6.91. The van der Waals surface area contributed by atoms with Crippen LogP contribution in [0.4, 0.5) is 22.0 Å². The molecule has 2 N–H and O–H groups in total. The molecule has 0 unspecified atom stereocenters. The zero-order chi connectivity index (χ0) is 23.4. The van der Waals surface area contributed by atoms with Crippen LogP contribution in [0.1, 0.15) is 42.4 Å². The number of nitrogens with one attached hydrogen (secondary N) is 1. The fourth-order valence-corrected chi connectivity index (χ4v) is 4.93. The standard InChI is InChI=1S/C24H22F5NO2/c1-12-3-5-16(14-4-6-17(25)18(26)11-14)13(2)19(12)20-21(31)23(30-22(20)32)9-7-15(8-10-23)24(27,28)29/h3-6,11,15,31H,7-10H2,1-2H3,(H,30,32). The summed E-state index contributed by atoms with van der Waals surface area (Å²) >= 11 is 0. The van der Waals surface area contributed by atoms with Crippen LogP contribution in [0.25, 0.3) is 16.7 Å². The van der Waals surface area contributed by atoms with Gasteiger partial charge in [-0.3, -0.25) is 4.79 Å². The fourth-order valence-electron chi connectivity index (χ4n) is 4.93. The largest absolute Gasteiger partial charge is 0.509 e. The first kappa shape index (κ1) is 22.3. The van der Waals surface area contributed by atoms with Crippen molar-refractivity contribution >= 4 is 11.5 Å². The smallest absolute Gasteiger partial charge is 0.391 e. The maximum absolute atomic E-state index is 13.8. The van der Waals surface area contributed by atoms with Crippen LogP contribution in [0, 0.1) is 31.4 Å². The van der Waals surface area contributed by atoms with Gasteiger partial charge in [0.05, 0.1) is 17.0 Å². The molecule has 0 saturated heterocycles. The number of halogens is 5. The summed E-state index contributed by atoms with van der Waals surface area (Å²) in [5.74, 6) is -4.25. The quantitative estimate of drug-likeness (QED) is 0.539. The first-order valence-electron chi connectivity index (χ1n) is 10.3. The lowest BCUT2D eigenvalue weighted by Gasteiger charge is -2.37. The van der Waals surface area contributed by atoms with Crippen LogP contribution < -0.4 is 5.32 Å². The van der Waals surface area contributed by atoms with Crippen LogP contribution in [-0.4, -0.2) is 22.7 Å². The molecule has 0 radical (unpaired) electrons. The number of aliphatic hydroxyl groups is 1. The Morgan fingerprint density at radius 1 is 1.03 bits per heavy atom. The molecule has 2 aromatic rings. The Labute approximate surface area is 181 Å². The molecule has 170 valence electrons. The molecule has 0 atom stereocenters. The first-order chi connectivity index (χ1) is 14.9. The average Bonchev–Trinajstić information content (AvgIpc) is 2.94. The lowest BCUT2D eigenvalue weighted by Crippen LogP contribution is -2.48. The van der Waals surface area contributed by atoms with Crippen LogP contribution in [0.3, 0.4) is 0 Å². The Kier molecular flexibility index (Phi) is 5.30. The predicted octanol–water partition coefficient (Wildman–Crippen LogP) is 6.14. The van der Waals surface area contributed by atoms with Gasteiger partial charge in [0, 0.05) is 0 Å². The summed E-state index contributed by atoms with van der Waals surface area (Å²) < 4.78 is 66.4. The van der Waals surface area contributed by atoms with E-state index >= 15 is 0 Å². The second-order valence-corrected chi connectivity index (χ2v) is 8.63. The number of alkyl halides is 3. The summed E-state index contributed by atoms with van der Waals surface area (Å²) in [5.41, 5.74) is 1.46. The van der Waals surface area contributed by atoms with E-state index in [9.17, 15) is 31.9 Å². The van der Waals surface area contributed by atoms with Crippen molar-refractivity contribution in [3.05, 3.63) is 64.4 Å². The van der Waals surface area contributed by atoms with Crippen molar-refractivity contribution in [1.29, 1.82) is 0 Å². The van der Waals surface area contributed by atoms with E-state index in [1.54, 1.807) is 26.0 Å². The molecule has 3 nitrogen and oxygen atoms in total. The van der Waals surface area contributed by atoms with Crippen molar-refractivity contribution in [2.24, 2.45) is 5.92 Å². The number of rotatable bonds is 2. The van der Waals surface area contributed by atoms with Gasteiger partial charge in [-0.1, -0.05) is 18.2 Å². The van der Waals surface area contributed by atoms with E-state index < -0.39 is 35.2 Å². The normalized spacial score (nSPS) is 23.7. The Hall–Kier alpha value is -2.90. The Bertz CT molecular complexity index is 1130. The molecule has 2 aliphatic rings. The third-order valence-electron chi connectivity index (χ3n) is 6.73. The Morgan fingerprint density at radius 3 is 2.28 bits per heavy atom. The molecule has 4 rings (SSSR count). The molecule has 1 fully saturated rings.